The molecule has 0 aliphatic heterocycles. The number of carbonyl (C=O) groups is 1. The topological polar surface area (TPSA) is 57.0 Å². The maximum Gasteiger partial charge on any atom is 0.178 e. The van der Waals surface area contributed by atoms with Crippen molar-refractivity contribution in [1.82, 2.24) is 14.5 Å². The van der Waals surface area contributed by atoms with E-state index in [2.05, 4.69) is 45.5 Å². The Balaban J connectivity index is 2.08. The average molecular weight is 356 g/mol. The Morgan fingerprint density at radius 3 is 2.85 bits per heavy atom. The summed E-state index contributed by atoms with van der Waals surface area (Å²) in [5.41, 5.74) is 1.78. The average Bonchev–Trinajstić information content (AvgIpc) is 2.75. The first kappa shape index (κ1) is 15.3. The van der Waals surface area contributed by atoms with Gasteiger partial charge in [-0.15, -0.1) is 0 Å². The van der Waals surface area contributed by atoms with E-state index in [0.29, 0.717) is 28.8 Å². The van der Waals surface area contributed by atoms with Crippen LogP contribution in [0.5, 0.6) is 0 Å². The molecule has 0 N–H and O–H groups in total. The van der Waals surface area contributed by atoms with Crippen LogP contribution in [0.25, 0.3) is 11.2 Å². The SMILES string of the molecule is C[Si](C)(C)CCOCn1cnc2nc(C=O)c(Br)cc21. The van der Waals surface area contributed by atoms with Gasteiger partial charge in [-0.2, -0.15) is 0 Å². The number of aldehydes is 1. The van der Waals surface area contributed by atoms with Gasteiger partial charge in [0.1, 0.15) is 12.4 Å². The Morgan fingerprint density at radius 1 is 1.45 bits per heavy atom. The van der Waals surface area contributed by atoms with E-state index in [0.717, 1.165) is 18.2 Å². The lowest BCUT2D eigenvalue weighted by Gasteiger charge is -2.15. The van der Waals surface area contributed by atoms with Gasteiger partial charge < -0.3 is 9.30 Å². The molecule has 0 unspecified atom stereocenters. The monoisotopic (exact) mass is 355 g/mol. The Bertz CT molecular complexity index is 622. The van der Waals surface area contributed by atoms with Gasteiger partial charge in [0.15, 0.2) is 11.9 Å². The molecule has 0 bridgehead atoms. The van der Waals surface area contributed by atoms with Gasteiger partial charge in [0, 0.05) is 19.2 Å². The van der Waals surface area contributed by atoms with Gasteiger partial charge in [-0.05, 0) is 28.0 Å². The molecule has 0 radical (unpaired) electrons. The second kappa shape index (κ2) is 6.15. The van der Waals surface area contributed by atoms with Crippen LogP contribution in [0, 0.1) is 0 Å². The van der Waals surface area contributed by atoms with Crippen LogP contribution in [0.2, 0.25) is 25.7 Å². The first-order valence-corrected chi connectivity index (χ1v) is 10.9. The second-order valence-electron chi connectivity index (χ2n) is 5.88. The van der Waals surface area contributed by atoms with Gasteiger partial charge in [-0.3, -0.25) is 4.79 Å². The van der Waals surface area contributed by atoms with Gasteiger partial charge in [0.25, 0.3) is 0 Å². The molecular weight excluding hydrogens is 338 g/mol. The van der Waals surface area contributed by atoms with Crippen LogP contribution in [-0.4, -0.2) is 35.5 Å². The molecule has 108 valence electrons. The minimum absolute atomic E-state index is 0.363. The number of pyridine rings is 1. The van der Waals surface area contributed by atoms with Crippen LogP contribution >= 0.6 is 15.9 Å². The zero-order valence-corrected chi connectivity index (χ0v) is 14.5. The summed E-state index contributed by atoms with van der Waals surface area (Å²) in [6.45, 7) is 8.19. The first-order valence-electron chi connectivity index (χ1n) is 6.45. The van der Waals surface area contributed by atoms with Gasteiger partial charge in [-0.1, -0.05) is 19.6 Å². The lowest BCUT2D eigenvalue weighted by Crippen LogP contribution is -2.21. The number of rotatable bonds is 6. The highest BCUT2D eigenvalue weighted by Gasteiger charge is 2.13. The van der Waals surface area contributed by atoms with Gasteiger partial charge >= 0.3 is 0 Å². The fourth-order valence-electron chi connectivity index (χ4n) is 1.70. The third-order valence-corrected chi connectivity index (χ3v) is 5.27. The summed E-state index contributed by atoms with van der Waals surface area (Å²) in [7, 11) is -1.06. The standard InChI is InChI=1S/C13H18BrN3O2Si/c1-20(2,3)5-4-19-9-17-8-15-13-12(17)6-10(14)11(7-18)16-13/h6-8H,4-5,9H2,1-3H3. The van der Waals surface area contributed by atoms with Crippen LogP contribution in [0.1, 0.15) is 10.5 Å². The number of hydrogen-bond acceptors (Lipinski definition) is 4. The summed E-state index contributed by atoms with van der Waals surface area (Å²) in [6.07, 6.45) is 2.40. The van der Waals surface area contributed by atoms with Crippen molar-refractivity contribution in [2.45, 2.75) is 32.4 Å². The van der Waals surface area contributed by atoms with Crippen LogP contribution < -0.4 is 0 Å². The van der Waals surface area contributed by atoms with E-state index < -0.39 is 8.07 Å². The van der Waals surface area contributed by atoms with E-state index in [1.165, 1.54) is 0 Å². The van der Waals surface area contributed by atoms with Crippen molar-refractivity contribution in [3.8, 4) is 0 Å². The molecule has 2 aromatic heterocycles. The Morgan fingerprint density at radius 2 is 2.20 bits per heavy atom. The van der Waals surface area contributed by atoms with Crippen LogP contribution in [0.4, 0.5) is 0 Å². The number of carbonyl (C=O) groups excluding carboxylic acids is 1. The molecule has 2 heterocycles. The Hall–Kier alpha value is -1.05. The molecule has 0 aliphatic carbocycles. The van der Waals surface area contributed by atoms with Crippen molar-refractivity contribution in [3.63, 3.8) is 0 Å². The van der Waals surface area contributed by atoms with E-state index >= 15 is 0 Å². The van der Waals surface area contributed by atoms with E-state index in [9.17, 15) is 4.79 Å². The first-order chi connectivity index (χ1) is 9.40. The lowest BCUT2D eigenvalue weighted by atomic mass is 10.3. The maximum absolute atomic E-state index is 10.8. The number of hydrogen-bond donors (Lipinski definition) is 0. The zero-order valence-electron chi connectivity index (χ0n) is 11.9. The maximum atomic E-state index is 10.8. The molecule has 7 heteroatoms. The summed E-state index contributed by atoms with van der Waals surface area (Å²) >= 11 is 3.33. The highest BCUT2D eigenvalue weighted by atomic mass is 79.9. The highest BCUT2D eigenvalue weighted by molar-refractivity contribution is 9.10. The van der Waals surface area contributed by atoms with Crippen molar-refractivity contribution in [2.24, 2.45) is 0 Å². The van der Waals surface area contributed by atoms with Gasteiger partial charge in [0.2, 0.25) is 0 Å². The molecule has 20 heavy (non-hydrogen) atoms. The van der Waals surface area contributed by atoms with Crippen molar-refractivity contribution >= 4 is 41.5 Å². The zero-order chi connectivity index (χ0) is 14.8. The Kier molecular flexibility index (Phi) is 4.72. The van der Waals surface area contributed by atoms with Crippen molar-refractivity contribution in [3.05, 3.63) is 22.6 Å². The van der Waals surface area contributed by atoms with Crippen molar-refractivity contribution in [1.29, 1.82) is 0 Å². The molecule has 0 aromatic carbocycles. The summed E-state index contributed by atoms with van der Waals surface area (Å²) in [5, 5.41) is 0. The third kappa shape index (κ3) is 3.74. The number of halogens is 1. The predicted octanol–water partition coefficient (Wildman–Crippen LogP) is 3.32. The summed E-state index contributed by atoms with van der Waals surface area (Å²) in [4.78, 5) is 19.2. The third-order valence-electron chi connectivity index (χ3n) is 2.93. The van der Waals surface area contributed by atoms with Crippen molar-refractivity contribution < 1.29 is 9.53 Å². The fraction of sp³-hybridized carbons (Fsp3) is 0.462. The molecule has 0 spiro atoms. The van der Waals surface area contributed by atoms with Gasteiger partial charge in [0.05, 0.1) is 11.8 Å². The van der Waals surface area contributed by atoms with Crippen molar-refractivity contribution in [2.75, 3.05) is 6.61 Å². The van der Waals surface area contributed by atoms with Crippen LogP contribution in [0.3, 0.4) is 0 Å². The largest absolute Gasteiger partial charge is 0.361 e. The lowest BCUT2D eigenvalue weighted by molar-refractivity contribution is 0.0898. The van der Waals surface area contributed by atoms with Gasteiger partial charge in [-0.25, -0.2) is 9.97 Å². The number of aromatic nitrogens is 3. The molecular formula is C13H18BrN3O2Si. The molecule has 0 fully saturated rings. The minimum Gasteiger partial charge on any atom is -0.361 e. The van der Waals surface area contributed by atoms with E-state index in [1.807, 2.05) is 10.6 Å². The molecule has 2 rings (SSSR count). The molecule has 0 atom stereocenters. The molecule has 0 saturated carbocycles. The van der Waals surface area contributed by atoms with Crippen LogP contribution in [0.15, 0.2) is 16.9 Å². The van der Waals surface area contributed by atoms with E-state index in [4.69, 9.17) is 4.74 Å². The summed E-state index contributed by atoms with van der Waals surface area (Å²) < 4.78 is 8.27. The summed E-state index contributed by atoms with van der Waals surface area (Å²) in [5.74, 6) is 0. The summed E-state index contributed by atoms with van der Waals surface area (Å²) in [6, 6.07) is 2.98. The molecule has 2 aromatic rings. The Labute approximate surface area is 127 Å². The fourth-order valence-corrected chi connectivity index (χ4v) is 2.86. The molecule has 5 nitrogen and oxygen atoms in total. The molecule has 0 aliphatic rings. The smallest absolute Gasteiger partial charge is 0.178 e. The highest BCUT2D eigenvalue weighted by Crippen LogP contribution is 2.20. The number of ether oxygens (including phenoxy) is 1. The predicted molar refractivity (Wildman–Crippen MR) is 84.7 cm³/mol. The van der Waals surface area contributed by atoms with E-state index in [-0.39, 0.29) is 0 Å². The van der Waals surface area contributed by atoms with E-state index in [1.54, 1.807) is 6.33 Å². The quantitative estimate of drug-likeness (QED) is 0.453. The molecule has 0 saturated heterocycles. The number of nitrogens with zero attached hydrogens (tertiary/aromatic N) is 3. The number of imidazole rings is 1. The number of fused-ring (bicyclic) bond motifs is 1. The normalized spacial score (nSPS) is 12.0. The molecule has 0 amide bonds. The van der Waals surface area contributed by atoms with Crippen LogP contribution in [-0.2, 0) is 11.5 Å². The minimum atomic E-state index is -1.06. The second-order valence-corrected chi connectivity index (χ2v) is 12.4.